The predicted octanol–water partition coefficient (Wildman–Crippen LogP) is 6.86. The van der Waals surface area contributed by atoms with Crippen LogP contribution in [0, 0.1) is 5.92 Å². The molecule has 1 amide bonds. The molecule has 2 rings (SSSR count). The molecule has 0 aromatic heterocycles. The van der Waals surface area contributed by atoms with Crippen LogP contribution < -0.4 is 10.1 Å². The quantitative estimate of drug-likeness (QED) is 0.277. The van der Waals surface area contributed by atoms with Crippen molar-refractivity contribution in [2.24, 2.45) is 5.92 Å². The minimum atomic E-state index is -2.36. The van der Waals surface area contributed by atoms with Gasteiger partial charge in [0, 0.05) is 0 Å². The first-order valence-electron chi connectivity index (χ1n) is 13.6. The summed E-state index contributed by atoms with van der Waals surface area (Å²) in [5, 5.41) is 13.2. The van der Waals surface area contributed by atoms with Crippen molar-refractivity contribution in [3.8, 4) is 5.75 Å². The molecule has 2 N–H and O–H groups in total. The zero-order valence-electron chi connectivity index (χ0n) is 25.0. The van der Waals surface area contributed by atoms with E-state index in [1.54, 1.807) is 7.11 Å². The number of hydrogen-bond acceptors (Lipinski definition) is 5. The highest BCUT2D eigenvalue weighted by molar-refractivity contribution is 6.74. The van der Waals surface area contributed by atoms with E-state index in [-0.39, 0.29) is 11.5 Å². The second-order valence-electron chi connectivity index (χ2n) is 12.7. The molecule has 2 aromatic rings. The Morgan fingerprint density at radius 2 is 1.46 bits per heavy atom. The third-order valence-electron chi connectivity index (χ3n) is 7.21. The summed E-state index contributed by atoms with van der Waals surface area (Å²) in [6.45, 7) is 16.2. The SMILES string of the molecule is COc1ccc(CC(NC(=O)OC(C)(C)C)C(CC(Cc2ccccc2)C(=O)O)O[Si](C)(C)C(C)(C)C)cc1. The van der Waals surface area contributed by atoms with E-state index < -0.39 is 44.0 Å². The highest BCUT2D eigenvalue weighted by Crippen LogP contribution is 2.39. The minimum absolute atomic E-state index is 0.111. The maximum atomic E-state index is 13.0. The lowest BCUT2D eigenvalue weighted by Gasteiger charge is -2.42. The molecule has 0 spiro atoms. The number of rotatable bonds is 12. The molecule has 3 unspecified atom stereocenters. The number of nitrogens with one attached hydrogen (secondary N) is 1. The molecule has 39 heavy (non-hydrogen) atoms. The van der Waals surface area contributed by atoms with Gasteiger partial charge in [-0.15, -0.1) is 0 Å². The lowest BCUT2D eigenvalue weighted by Crippen LogP contribution is -2.54. The molecule has 2 aromatic carbocycles. The highest BCUT2D eigenvalue weighted by atomic mass is 28.4. The Bertz CT molecular complexity index is 1060. The molecule has 216 valence electrons. The molecule has 0 fully saturated rings. The summed E-state index contributed by atoms with van der Waals surface area (Å²) in [5.74, 6) is -0.845. The number of benzene rings is 2. The molecule has 0 saturated carbocycles. The fourth-order valence-corrected chi connectivity index (χ4v) is 5.42. The Morgan fingerprint density at radius 1 is 0.897 bits per heavy atom. The number of carboxylic acids is 1. The Kier molecular flexibility index (Phi) is 11.2. The van der Waals surface area contributed by atoms with E-state index in [9.17, 15) is 14.7 Å². The van der Waals surface area contributed by atoms with Crippen molar-refractivity contribution in [3.05, 3.63) is 65.7 Å². The number of carbonyl (C=O) groups excluding carboxylic acids is 1. The molecule has 0 aliphatic heterocycles. The summed E-state index contributed by atoms with van der Waals surface area (Å²) in [5.41, 5.74) is 1.24. The summed E-state index contributed by atoms with van der Waals surface area (Å²) in [6, 6.07) is 16.7. The first-order valence-corrected chi connectivity index (χ1v) is 16.5. The van der Waals surface area contributed by atoms with Crippen molar-refractivity contribution in [2.75, 3.05) is 7.11 Å². The number of methoxy groups -OCH3 is 1. The first kappa shape index (κ1) is 32.4. The number of ether oxygens (including phenoxy) is 2. The molecule has 0 aliphatic carbocycles. The van der Waals surface area contributed by atoms with Crippen LogP contribution in [0.4, 0.5) is 4.79 Å². The van der Waals surface area contributed by atoms with Gasteiger partial charge in [-0.3, -0.25) is 4.79 Å². The summed E-state index contributed by atoms with van der Waals surface area (Å²) >= 11 is 0. The fourth-order valence-electron chi connectivity index (χ4n) is 4.05. The van der Waals surface area contributed by atoms with Crippen LogP contribution in [0.15, 0.2) is 54.6 Å². The first-order chi connectivity index (χ1) is 18.0. The number of alkyl carbamates (subject to hydrolysis) is 1. The van der Waals surface area contributed by atoms with Crippen molar-refractivity contribution < 1.29 is 28.6 Å². The minimum Gasteiger partial charge on any atom is -0.497 e. The number of hydrogen-bond donors (Lipinski definition) is 2. The van der Waals surface area contributed by atoms with Crippen LogP contribution in [0.5, 0.6) is 5.75 Å². The maximum absolute atomic E-state index is 13.0. The molecular formula is C31H47NO6Si. The zero-order valence-corrected chi connectivity index (χ0v) is 26.0. The van der Waals surface area contributed by atoms with Crippen molar-refractivity contribution in [1.82, 2.24) is 5.32 Å². The van der Waals surface area contributed by atoms with E-state index in [1.165, 1.54) is 0 Å². The molecule has 0 saturated heterocycles. The van der Waals surface area contributed by atoms with E-state index in [4.69, 9.17) is 13.9 Å². The second kappa shape index (κ2) is 13.5. The predicted molar refractivity (Wildman–Crippen MR) is 158 cm³/mol. The normalized spacial score (nSPS) is 14.7. The van der Waals surface area contributed by atoms with E-state index in [0.29, 0.717) is 12.8 Å². The van der Waals surface area contributed by atoms with Gasteiger partial charge >= 0.3 is 12.1 Å². The van der Waals surface area contributed by atoms with Gasteiger partial charge in [-0.25, -0.2) is 4.79 Å². The standard InChI is InChI=1S/C31H47NO6Si/c1-30(2,3)37-29(35)32-26(20-23-15-17-25(36-7)18-16-23)27(38-39(8,9)31(4,5)6)21-24(28(33)34)19-22-13-11-10-12-14-22/h10-18,24,26-27H,19-21H2,1-9H3,(H,32,35)(H,33,34). The van der Waals surface area contributed by atoms with E-state index >= 15 is 0 Å². The number of carbonyl (C=O) groups is 2. The van der Waals surface area contributed by atoms with Crippen molar-refractivity contribution in [3.63, 3.8) is 0 Å². The summed E-state index contributed by atoms with van der Waals surface area (Å²) in [7, 11) is -0.744. The third kappa shape index (κ3) is 10.7. The summed E-state index contributed by atoms with van der Waals surface area (Å²) in [4.78, 5) is 25.5. The molecular weight excluding hydrogens is 510 g/mol. The van der Waals surface area contributed by atoms with E-state index in [2.05, 4.69) is 39.2 Å². The van der Waals surface area contributed by atoms with Crippen LogP contribution in [0.1, 0.15) is 59.1 Å². The molecule has 7 nitrogen and oxygen atoms in total. The summed E-state index contributed by atoms with van der Waals surface area (Å²) in [6.07, 6.45) is -0.0481. The lowest BCUT2D eigenvalue weighted by atomic mass is 9.89. The third-order valence-corrected chi connectivity index (χ3v) is 11.7. The second-order valence-corrected chi connectivity index (χ2v) is 17.4. The zero-order chi connectivity index (χ0) is 29.4. The van der Waals surface area contributed by atoms with Crippen molar-refractivity contribution in [1.29, 1.82) is 0 Å². The average molecular weight is 558 g/mol. The van der Waals surface area contributed by atoms with Crippen molar-refractivity contribution in [2.45, 2.75) is 96.7 Å². The van der Waals surface area contributed by atoms with Crippen LogP contribution >= 0.6 is 0 Å². The van der Waals surface area contributed by atoms with Crippen LogP contribution in [0.25, 0.3) is 0 Å². The Morgan fingerprint density at radius 3 is 1.95 bits per heavy atom. The molecule has 0 radical (unpaired) electrons. The van der Waals surface area contributed by atoms with Gasteiger partial charge in [-0.1, -0.05) is 63.2 Å². The largest absolute Gasteiger partial charge is 0.497 e. The van der Waals surface area contributed by atoms with Gasteiger partial charge in [0.25, 0.3) is 0 Å². The maximum Gasteiger partial charge on any atom is 0.407 e. The van der Waals surface area contributed by atoms with E-state index in [0.717, 1.165) is 16.9 Å². The topological polar surface area (TPSA) is 94.1 Å². The summed E-state index contributed by atoms with van der Waals surface area (Å²) < 4.78 is 17.8. The van der Waals surface area contributed by atoms with Crippen LogP contribution in [0.3, 0.4) is 0 Å². The smallest absolute Gasteiger partial charge is 0.407 e. The Labute approximate surface area is 235 Å². The monoisotopic (exact) mass is 557 g/mol. The van der Waals surface area contributed by atoms with Gasteiger partial charge in [0.1, 0.15) is 11.4 Å². The van der Waals surface area contributed by atoms with Gasteiger partial charge in [0.2, 0.25) is 0 Å². The molecule has 0 aliphatic rings. The highest BCUT2D eigenvalue weighted by Gasteiger charge is 2.42. The Balaban J connectivity index is 2.49. The van der Waals surface area contributed by atoms with Crippen LogP contribution in [0.2, 0.25) is 18.1 Å². The molecule has 0 heterocycles. The number of carboxylic acid groups (broad SMARTS) is 1. The van der Waals surface area contributed by atoms with Gasteiger partial charge in [0.05, 0.1) is 25.2 Å². The van der Waals surface area contributed by atoms with Gasteiger partial charge < -0.3 is 24.3 Å². The number of amides is 1. The lowest BCUT2D eigenvalue weighted by molar-refractivity contribution is -0.142. The molecule has 8 heteroatoms. The fraction of sp³-hybridized carbons (Fsp3) is 0.548. The van der Waals surface area contributed by atoms with Gasteiger partial charge in [-0.2, -0.15) is 0 Å². The van der Waals surface area contributed by atoms with Gasteiger partial charge in [-0.05, 0) is 81.4 Å². The van der Waals surface area contributed by atoms with E-state index in [1.807, 2.05) is 75.4 Å². The Hall–Kier alpha value is -2.84. The average Bonchev–Trinajstić information content (AvgIpc) is 2.81. The van der Waals surface area contributed by atoms with Crippen LogP contribution in [-0.4, -0.2) is 50.3 Å². The molecule has 3 atom stereocenters. The number of aliphatic carboxylic acids is 1. The van der Waals surface area contributed by atoms with Crippen LogP contribution in [-0.2, 0) is 26.8 Å². The van der Waals surface area contributed by atoms with Crippen molar-refractivity contribution >= 4 is 20.4 Å². The molecule has 0 bridgehead atoms. The van der Waals surface area contributed by atoms with Gasteiger partial charge in [0.15, 0.2) is 8.32 Å².